The van der Waals surface area contributed by atoms with Crippen molar-refractivity contribution in [1.29, 1.82) is 0 Å². The van der Waals surface area contributed by atoms with E-state index in [0.717, 1.165) is 17.5 Å². The number of hydrogen-bond acceptors (Lipinski definition) is 1. The first-order chi connectivity index (χ1) is 28.5. The van der Waals surface area contributed by atoms with Crippen LogP contribution in [-0.4, -0.2) is 24.4 Å². The SMILES string of the molecule is Cc1ccc(C2(c3ccc4c(c3)C(C)(C)C3=CC5CC(C)C([Si](C)(C)N(C6CCCCC6)C(C)(C)C)C5C=C34)c3cc(C(C)(C)C)ccc3-c3ccc(C(C)(C)C)cc32)cc1. The Labute approximate surface area is 372 Å². The molecule has 0 aromatic heterocycles. The van der Waals surface area contributed by atoms with E-state index < -0.39 is 13.7 Å². The van der Waals surface area contributed by atoms with Crippen LogP contribution in [0.25, 0.3) is 16.7 Å². The maximum Gasteiger partial charge on any atom is 0.127 e. The van der Waals surface area contributed by atoms with E-state index in [4.69, 9.17) is 0 Å². The topological polar surface area (TPSA) is 3.24 Å². The Kier molecular flexibility index (Phi) is 10.0. The number of aryl methyl sites for hydroxylation is 1. The van der Waals surface area contributed by atoms with Crippen LogP contribution >= 0.6 is 0 Å². The third kappa shape index (κ3) is 6.61. The molecule has 2 saturated carbocycles. The molecule has 4 aromatic carbocycles. The summed E-state index contributed by atoms with van der Waals surface area (Å²) >= 11 is 0. The van der Waals surface area contributed by atoms with Gasteiger partial charge in [-0.2, -0.15) is 0 Å². The van der Waals surface area contributed by atoms with Gasteiger partial charge >= 0.3 is 0 Å². The zero-order chi connectivity index (χ0) is 43.8. The lowest BCUT2D eigenvalue weighted by atomic mass is 9.65. The van der Waals surface area contributed by atoms with Crippen LogP contribution in [0.15, 0.2) is 96.6 Å². The highest BCUT2D eigenvalue weighted by atomic mass is 28.3. The lowest BCUT2D eigenvalue weighted by Gasteiger charge is -2.56. The number of benzene rings is 4. The lowest BCUT2D eigenvalue weighted by Crippen LogP contribution is -2.65. The maximum atomic E-state index is 3.15. The molecule has 0 N–H and O–H groups in total. The molecule has 0 aliphatic heterocycles. The Morgan fingerprint density at radius 2 is 1.16 bits per heavy atom. The van der Waals surface area contributed by atoms with Gasteiger partial charge in [-0.15, -0.1) is 0 Å². The van der Waals surface area contributed by atoms with Crippen molar-refractivity contribution >= 4 is 13.8 Å². The second-order valence-electron chi connectivity index (χ2n) is 24.6. The fourth-order valence-electron chi connectivity index (χ4n) is 14.2. The number of fused-ring (bicyclic) bond motifs is 7. The van der Waals surface area contributed by atoms with Crippen molar-refractivity contribution < 1.29 is 0 Å². The molecule has 0 heterocycles. The molecule has 1 nitrogen and oxygen atoms in total. The van der Waals surface area contributed by atoms with Gasteiger partial charge in [0.2, 0.25) is 0 Å². The molecule has 0 saturated heterocycles. The average molecular weight is 828 g/mol. The summed E-state index contributed by atoms with van der Waals surface area (Å²) in [7, 11) is -1.89. The lowest BCUT2D eigenvalue weighted by molar-refractivity contribution is 0.139. The van der Waals surface area contributed by atoms with E-state index in [0.29, 0.717) is 11.8 Å². The first kappa shape index (κ1) is 42.8. The Morgan fingerprint density at radius 1 is 0.623 bits per heavy atom. The zero-order valence-electron chi connectivity index (χ0n) is 40.7. The molecule has 4 atom stereocenters. The molecule has 9 rings (SSSR count). The summed E-state index contributed by atoms with van der Waals surface area (Å²) in [6.07, 6.45) is 13.9. The van der Waals surface area contributed by atoms with Gasteiger partial charge in [0, 0.05) is 17.0 Å². The summed E-state index contributed by atoms with van der Waals surface area (Å²) in [6.45, 7) is 37.2. The molecule has 0 bridgehead atoms. The minimum absolute atomic E-state index is 0.0269. The van der Waals surface area contributed by atoms with Gasteiger partial charge in [-0.25, -0.2) is 0 Å². The largest absolute Gasteiger partial charge is 0.316 e. The standard InChI is InChI=1S/C59H77NSi/c1-37-21-23-40(24-22-37)59(52-33-41(55(3,4)5)25-28-45(52)46-29-26-42(34-53(46)59)56(6,7)8)43-27-30-47-49-36-48-39(32-50(49)58(12,13)51(47)35-43)31-38(2)54(48)61(14,15)60(57(9,10)11)44-19-17-16-18-20-44/h21-30,32-36,38-39,44,48,54H,16-20,31H2,1-15H3. The van der Waals surface area contributed by atoms with Gasteiger partial charge in [-0.1, -0.05) is 191 Å². The molecule has 0 spiro atoms. The van der Waals surface area contributed by atoms with Crippen LogP contribution in [0, 0.1) is 24.7 Å². The molecule has 61 heavy (non-hydrogen) atoms. The van der Waals surface area contributed by atoms with Crippen molar-refractivity contribution in [3.8, 4) is 11.1 Å². The summed E-state index contributed by atoms with van der Waals surface area (Å²) in [5.41, 5.74) is 19.0. The molecular formula is C59H77NSi. The van der Waals surface area contributed by atoms with E-state index in [2.05, 4.69) is 199 Å². The van der Waals surface area contributed by atoms with E-state index in [1.54, 1.807) is 11.1 Å². The van der Waals surface area contributed by atoms with Crippen LogP contribution in [0.2, 0.25) is 18.6 Å². The van der Waals surface area contributed by atoms with Gasteiger partial charge in [0.05, 0.1) is 5.41 Å². The van der Waals surface area contributed by atoms with Crippen LogP contribution in [-0.2, 0) is 21.7 Å². The van der Waals surface area contributed by atoms with Gasteiger partial charge in [-0.3, -0.25) is 0 Å². The summed E-state index contributed by atoms with van der Waals surface area (Å²) in [6, 6.07) is 32.9. The average Bonchev–Trinajstić information content (AvgIpc) is 3.75. The molecule has 2 fully saturated rings. The third-order valence-corrected chi connectivity index (χ3v) is 21.6. The molecule has 5 aliphatic carbocycles. The van der Waals surface area contributed by atoms with Gasteiger partial charge in [-0.05, 0) is 148 Å². The van der Waals surface area contributed by atoms with Crippen molar-refractivity contribution in [3.63, 3.8) is 0 Å². The summed E-state index contributed by atoms with van der Waals surface area (Å²) in [5, 5.41) is 0. The number of hydrogen-bond donors (Lipinski definition) is 0. The van der Waals surface area contributed by atoms with Crippen LogP contribution in [0.4, 0.5) is 0 Å². The van der Waals surface area contributed by atoms with Crippen molar-refractivity contribution in [1.82, 2.24) is 4.57 Å². The maximum absolute atomic E-state index is 3.15. The zero-order valence-corrected chi connectivity index (χ0v) is 41.7. The van der Waals surface area contributed by atoms with Gasteiger partial charge in [0.1, 0.15) is 8.24 Å². The van der Waals surface area contributed by atoms with Crippen molar-refractivity contribution in [3.05, 3.63) is 147 Å². The first-order valence-electron chi connectivity index (χ1n) is 24.2. The van der Waals surface area contributed by atoms with Crippen LogP contribution < -0.4 is 0 Å². The third-order valence-electron chi connectivity index (χ3n) is 16.7. The molecule has 0 radical (unpaired) electrons. The second kappa shape index (κ2) is 14.3. The van der Waals surface area contributed by atoms with Crippen molar-refractivity contribution in [2.45, 2.75) is 180 Å². The quantitative estimate of drug-likeness (QED) is 0.160. The fourth-order valence-corrected chi connectivity index (χ4v) is 20.3. The summed E-state index contributed by atoms with van der Waals surface area (Å²) in [4.78, 5) is 0. The number of allylic oxidation sites excluding steroid dienone is 4. The van der Waals surface area contributed by atoms with Crippen LogP contribution in [0.5, 0.6) is 0 Å². The smallest absolute Gasteiger partial charge is 0.127 e. The van der Waals surface area contributed by atoms with Crippen molar-refractivity contribution in [2.75, 3.05) is 0 Å². The Morgan fingerprint density at radius 3 is 1.70 bits per heavy atom. The van der Waals surface area contributed by atoms with E-state index in [-0.39, 0.29) is 21.8 Å². The van der Waals surface area contributed by atoms with E-state index in [1.807, 2.05) is 0 Å². The molecular weight excluding hydrogens is 751 g/mol. The Balaban J connectivity index is 1.24. The van der Waals surface area contributed by atoms with Crippen molar-refractivity contribution in [2.24, 2.45) is 17.8 Å². The molecule has 322 valence electrons. The molecule has 4 aromatic rings. The normalized spacial score (nSPS) is 24.5. The van der Waals surface area contributed by atoms with Gasteiger partial charge < -0.3 is 4.57 Å². The van der Waals surface area contributed by atoms with E-state index in [9.17, 15) is 0 Å². The Bertz CT molecular complexity index is 2360. The first-order valence-corrected chi connectivity index (χ1v) is 27.3. The van der Waals surface area contributed by atoms with Crippen LogP contribution in [0.3, 0.4) is 0 Å². The number of nitrogens with zero attached hydrogens (tertiary/aromatic N) is 1. The molecule has 0 amide bonds. The molecule has 2 heteroatoms. The molecule has 5 aliphatic rings. The van der Waals surface area contributed by atoms with E-state index in [1.165, 1.54) is 99.7 Å². The van der Waals surface area contributed by atoms with Crippen LogP contribution in [0.1, 0.15) is 172 Å². The summed E-state index contributed by atoms with van der Waals surface area (Å²) in [5.74, 6) is 1.95. The Hall–Kier alpha value is -3.46. The highest BCUT2D eigenvalue weighted by Crippen LogP contribution is 2.63. The highest BCUT2D eigenvalue weighted by molar-refractivity contribution is 6.76. The fraction of sp³-hybridized carbons (Fsp3) is 0.525. The highest BCUT2D eigenvalue weighted by Gasteiger charge is 2.56. The van der Waals surface area contributed by atoms with Gasteiger partial charge in [0.25, 0.3) is 0 Å². The number of rotatable bonds is 5. The van der Waals surface area contributed by atoms with Gasteiger partial charge in [0.15, 0.2) is 0 Å². The minimum Gasteiger partial charge on any atom is -0.316 e. The predicted molar refractivity (Wildman–Crippen MR) is 265 cm³/mol. The van der Waals surface area contributed by atoms with E-state index >= 15 is 0 Å². The predicted octanol–water partition coefficient (Wildman–Crippen LogP) is 15.8. The summed E-state index contributed by atoms with van der Waals surface area (Å²) < 4.78 is 3.15. The monoisotopic (exact) mass is 828 g/mol. The molecule has 4 unspecified atom stereocenters. The second-order valence-corrected chi connectivity index (χ2v) is 29.1. The minimum atomic E-state index is -1.89.